The van der Waals surface area contributed by atoms with Gasteiger partial charge >= 0.3 is 0 Å². The molecule has 0 saturated heterocycles. The summed E-state index contributed by atoms with van der Waals surface area (Å²) < 4.78 is 21.4. The Morgan fingerprint density at radius 1 is 1.24 bits per heavy atom. The molecule has 0 fully saturated rings. The van der Waals surface area contributed by atoms with Crippen molar-refractivity contribution in [3.63, 3.8) is 0 Å². The summed E-state index contributed by atoms with van der Waals surface area (Å²) in [7, 11) is 0. The Morgan fingerprint density at radius 3 is 2.82 bits per heavy atom. The third kappa shape index (κ3) is 4.37. The Labute approximate surface area is 200 Å². The average Bonchev–Trinajstić information content (AvgIpc) is 3.15. The van der Waals surface area contributed by atoms with Crippen molar-refractivity contribution in [2.45, 2.75) is 50.8 Å². The molecule has 0 radical (unpaired) electrons. The van der Waals surface area contributed by atoms with Gasteiger partial charge in [0.25, 0.3) is 5.56 Å². The predicted molar refractivity (Wildman–Crippen MR) is 133 cm³/mol. The number of halogens is 1. The van der Waals surface area contributed by atoms with Gasteiger partial charge in [-0.25, -0.2) is 9.37 Å². The first-order chi connectivity index (χ1) is 15.9. The maximum Gasteiger partial charge on any atom is 0.267 e. The Balaban J connectivity index is 1.65. The Hall–Kier alpha value is -2.48. The van der Waals surface area contributed by atoms with Crippen molar-refractivity contribution in [1.29, 1.82) is 0 Å². The molecule has 4 aromatic rings. The van der Waals surface area contributed by atoms with Gasteiger partial charge < -0.3 is 4.74 Å². The largest absolute Gasteiger partial charge is 0.372 e. The van der Waals surface area contributed by atoms with Gasteiger partial charge in [0.1, 0.15) is 10.6 Å². The second kappa shape index (κ2) is 9.05. The van der Waals surface area contributed by atoms with E-state index in [1.807, 2.05) is 37.3 Å². The van der Waals surface area contributed by atoms with E-state index in [1.165, 1.54) is 23.9 Å². The predicted octanol–water partition coefficient (Wildman–Crippen LogP) is 6.28. The van der Waals surface area contributed by atoms with Crippen LogP contribution in [-0.2, 0) is 23.5 Å². The fraction of sp³-hybridized carbons (Fsp3) is 0.308. The minimum Gasteiger partial charge on any atom is -0.372 e. The second-order valence-corrected chi connectivity index (χ2v) is 10.8. The summed E-state index contributed by atoms with van der Waals surface area (Å²) >= 11 is 3.00. The first kappa shape index (κ1) is 22.3. The van der Waals surface area contributed by atoms with E-state index in [9.17, 15) is 9.18 Å². The molecule has 0 aliphatic carbocycles. The van der Waals surface area contributed by atoms with Crippen molar-refractivity contribution < 1.29 is 9.13 Å². The van der Waals surface area contributed by atoms with Gasteiger partial charge in [0.05, 0.1) is 23.8 Å². The number of hydrogen-bond acceptors (Lipinski definition) is 5. The number of thiophene rings is 1. The van der Waals surface area contributed by atoms with E-state index in [-0.39, 0.29) is 17.5 Å². The maximum atomic E-state index is 14.0. The average molecular weight is 481 g/mol. The van der Waals surface area contributed by atoms with E-state index in [4.69, 9.17) is 9.72 Å². The zero-order chi connectivity index (χ0) is 23.1. The number of aryl methyl sites for hydroxylation is 1. The van der Waals surface area contributed by atoms with Crippen LogP contribution in [-0.4, -0.2) is 15.7 Å². The minimum absolute atomic E-state index is 0.0470. The van der Waals surface area contributed by atoms with Gasteiger partial charge in [0.2, 0.25) is 0 Å². The molecule has 1 aliphatic heterocycles. The summed E-state index contributed by atoms with van der Waals surface area (Å²) in [5.74, 6) is 0.630. The highest BCUT2D eigenvalue weighted by molar-refractivity contribution is 7.98. The Morgan fingerprint density at radius 2 is 2.06 bits per heavy atom. The van der Waals surface area contributed by atoms with Gasteiger partial charge in [-0.1, -0.05) is 49.9 Å². The molecule has 1 aliphatic rings. The number of fused-ring (bicyclic) bond motifs is 3. The molecular formula is C26H25FN2O2S2. The highest BCUT2D eigenvalue weighted by Gasteiger charge is 2.28. The van der Waals surface area contributed by atoms with Gasteiger partial charge in [0, 0.05) is 17.1 Å². The molecule has 5 rings (SSSR count). The fourth-order valence-corrected chi connectivity index (χ4v) is 6.32. The monoisotopic (exact) mass is 480 g/mol. The number of aromatic nitrogens is 2. The first-order valence-electron chi connectivity index (χ1n) is 11.0. The van der Waals surface area contributed by atoms with E-state index in [1.54, 1.807) is 22.0 Å². The number of benzene rings is 2. The van der Waals surface area contributed by atoms with Gasteiger partial charge in [-0.15, -0.1) is 11.3 Å². The Bertz CT molecular complexity index is 1390. The third-order valence-corrected chi connectivity index (χ3v) is 8.08. The molecule has 0 unspecified atom stereocenters. The van der Waals surface area contributed by atoms with Gasteiger partial charge in [0.15, 0.2) is 5.16 Å². The Kier molecular flexibility index (Phi) is 6.12. The molecule has 1 atom stereocenters. The molecule has 0 N–H and O–H groups in total. The first-order valence-corrected chi connectivity index (χ1v) is 12.8. The normalized spacial score (nSPS) is 15.8. The van der Waals surface area contributed by atoms with Crippen molar-refractivity contribution in [3.8, 4) is 5.69 Å². The quantitative estimate of drug-likeness (QED) is 0.249. The fourth-order valence-electron chi connectivity index (χ4n) is 4.20. The highest BCUT2D eigenvalue weighted by Crippen LogP contribution is 2.36. The molecule has 7 heteroatoms. The number of thioether (sulfide) groups is 1. The number of nitrogens with zero attached hydrogens (tertiary/aromatic N) is 2. The number of ether oxygens (including phenoxy) is 1. The van der Waals surface area contributed by atoms with Crippen LogP contribution in [0.4, 0.5) is 4.39 Å². The van der Waals surface area contributed by atoms with Crippen molar-refractivity contribution in [1.82, 2.24) is 9.55 Å². The van der Waals surface area contributed by atoms with Crippen molar-refractivity contribution >= 4 is 33.3 Å². The smallest absolute Gasteiger partial charge is 0.267 e. The molecule has 0 amide bonds. The zero-order valence-corrected chi connectivity index (χ0v) is 20.4. The van der Waals surface area contributed by atoms with Crippen LogP contribution in [0.5, 0.6) is 0 Å². The van der Waals surface area contributed by atoms with E-state index in [2.05, 4.69) is 13.8 Å². The van der Waals surface area contributed by atoms with Crippen LogP contribution in [0, 0.1) is 18.7 Å². The number of rotatable bonds is 5. The van der Waals surface area contributed by atoms with E-state index in [0.717, 1.165) is 38.5 Å². The zero-order valence-electron chi connectivity index (χ0n) is 18.8. The van der Waals surface area contributed by atoms with Crippen molar-refractivity contribution in [2.24, 2.45) is 5.92 Å². The van der Waals surface area contributed by atoms with E-state index < -0.39 is 0 Å². The van der Waals surface area contributed by atoms with Crippen LogP contribution >= 0.6 is 23.1 Å². The summed E-state index contributed by atoms with van der Waals surface area (Å²) in [6.07, 6.45) is 0.831. The summed E-state index contributed by atoms with van der Waals surface area (Å²) in [5, 5.41) is 1.32. The minimum atomic E-state index is -0.266. The lowest BCUT2D eigenvalue weighted by molar-refractivity contribution is 0.00200. The lowest BCUT2D eigenvalue weighted by Gasteiger charge is -2.26. The van der Waals surface area contributed by atoms with Crippen LogP contribution in [0.3, 0.4) is 0 Å². The summed E-state index contributed by atoms with van der Waals surface area (Å²) in [4.78, 5) is 20.7. The number of hydrogen-bond donors (Lipinski definition) is 0. The molecule has 0 spiro atoms. The molecular weight excluding hydrogens is 455 g/mol. The van der Waals surface area contributed by atoms with Gasteiger partial charge in [-0.3, -0.25) is 9.36 Å². The van der Waals surface area contributed by atoms with Crippen molar-refractivity contribution in [3.05, 3.63) is 86.3 Å². The van der Waals surface area contributed by atoms with E-state index >= 15 is 0 Å². The molecule has 33 heavy (non-hydrogen) atoms. The molecule has 2 aromatic carbocycles. The van der Waals surface area contributed by atoms with Crippen LogP contribution in [0.1, 0.15) is 35.4 Å². The van der Waals surface area contributed by atoms with E-state index in [0.29, 0.717) is 28.8 Å². The van der Waals surface area contributed by atoms with Crippen LogP contribution in [0.2, 0.25) is 0 Å². The standard InChI is InChI=1S/C26H25FN2O2S2/c1-15(2)21-12-20-22(13-31-21)33-24-23(20)25(30)29(19-9-4-6-16(3)10-19)26(28-24)32-14-17-7-5-8-18(27)11-17/h4-11,15,21H,12-14H2,1-3H3/t21-/m1/s1. The van der Waals surface area contributed by atoms with Gasteiger partial charge in [-0.2, -0.15) is 0 Å². The lowest BCUT2D eigenvalue weighted by atomic mass is 9.96. The van der Waals surface area contributed by atoms with Crippen LogP contribution in [0.25, 0.3) is 15.9 Å². The highest BCUT2D eigenvalue weighted by atomic mass is 32.2. The maximum absolute atomic E-state index is 14.0. The molecule has 3 heterocycles. The molecule has 0 bridgehead atoms. The summed E-state index contributed by atoms with van der Waals surface area (Å²) in [6.45, 7) is 6.83. The lowest BCUT2D eigenvalue weighted by Crippen LogP contribution is -2.28. The van der Waals surface area contributed by atoms with Crippen molar-refractivity contribution in [2.75, 3.05) is 0 Å². The molecule has 2 aromatic heterocycles. The molecule has 0 saturated carbocycles. The summed E-state index contributed by atoms with van der Waals surface area (Å²) in [6, 6.07) is 14.4. The second-order valence-electron chi connectivity index (χ2n) is 8.77. The van der Waals surface area contributed by atoms with Gasteiger partial charge in [-0.05, 0) is 53.8 Å². The molecule has 170 valence electrons. The van der Waals surface area contributed by atoms with Crippen LogP contribution < -0.4 is 5.56 Å². The topological polar surface area (TPSA) is 44.1 Å². The molecule has 4 nitrogen and oxygen atoms in total. The third-order valence-electron chi connectivity index (χ3n) is 5.97. The van der Waals surface area contributed by atoms with Crippen LogP contribution in [0.15, 0.2) is 58.5 Å². The SMILES string of the molecule is Cc1cccc(-n2c(SCc3cccc(F)c3)nc3sc4c(c3c2=O)C[C@H](C(C)C)OC4)c1. The summed E-state index contributed by atoms with van der Waals surface area (Å²) in [5.41, 5.74) is 3.75.